The lowest BCUT2D eigenvalue weighted by atomic mass is 10.0. The van der Waals surface area contributed by atoms with E-state index in [9.17, 15) is 0 Å². The van der Waals surface area contributed by atoms with E-state index in [0.717, 1.165) is 22.4 Å². The minimum atomic E-state index is 1.02. The van der Waals surface area contributed by atoms with Crippen LogP contribution >= 0.6 is 11.3 Å². The number of fused-ring (bicyclic) bond motifs is 15. The van der Waals surface area contributed by atoms with Crippen molar-refractivity contribution in [1.82, 2.24) is 14.0 Å². The molecule has 0 fully saturated rings. The van der Waals surface area contributed by atoms with Crippen molar-refractivity contribution in [2.45, 2.75) is 0 Å². The SMILES string of the molecule is c1ccc(-n2c3ccccc3c3cc4c5ccc6c7ccccc7sc6c5c5nc6ccccc6n5c4cc32)cc1. The average molecular weight is 540 g/mol. The van der Waals surface area contributed by atoms with Crippen LogP contribution in [0.25, 0.3) is 86.0 Å². The molecule has 190 valence electrons. The maximum atomic E-state index is 5.28. The Morgan fingerprint density at radius 1 is 0.488 bits per heavy atom. The second-order valence-corrected chi connectivity index (χ2v) is 11.8. The fourth-order valence-corrected chi connectivity index (χ4v) is 8.18. The first kappa shape index (κ1) is 21.6. The molecule has 0 amide bonds. The Bertz CT molecular complexity index is 2690. The molecule has 0 atom stereocenters. The second-order valence-electron chi connectivity index (χ2n) is 10.8. The fourth-order valence-electron chi connectivity index (χ4n) is 6.93. The molecule has 0 aliphatic rings. The van der Waals surface area contributed by atoms with Crippen LogP contribution < -0.4 is 0 Å². The largest absolute Gasteiger partial charge is 0.309 e. The zero-order valence-corrected chi connectivity index (χ0v) is 22.7. The summed E-state index contributed by atoms with van der Waals surface area (Å²) in [6.45, 7) is 0. The van der Waals surface area contributed by atoms with E-state index in [0.29, 0.717) is 0 Å². The Labute approximate surface area is 238 Å². The zero-order chi connectivity index (χ0) is 26.7. The Hall–Kier alpha value is -5.19. The summed E-state index contributed by atoms with van der Waals surface area (Å²) in [4.78, 5) is 5.28. The van der Waals surface area contributed by atoms with Crippen molar-refractivity contribution in [1.29, 1.82) is 0 Å². The normalized spacial score (nSPS) is 12.4. The summed E-state index contributed by atoms with van der Waals surface area (Å²) in [5.74, 6) is 0. The second kappa shape index (κ2) is 7.72. The third-order valence-electron chi connectivity index (χ3n) is 8.67. The van der Waals surface area contributed by atoms with Gasteiger partial charge in [0.1, 0.15) is 5.65 Å². The Morgan fingerprint density at radius 2 is 1.20 bits per heavy atom. The molecule has 0 spiro atoms. The standard InChI is InChI=1S/C37H21N3S/c1-2-10-22(11-3-1)39-30-15-7-4-12-23(30)27-20-28-25-18-19-26-24-13-5-9-17-34(24)41-36(26)35(25)37-38-29-14-6-8-16-31(29)40(37)33(28)21-32(27)39/h1-21H. The smallest absolute Gasteiger partial charge is 0.147 e. The molecule has 0 radical (unpaired) electrons. The summed E-state index contributed by atoms with van der Waals surface area (Å²) in [7, 11) is 0. The highest BCUT2D eigenvalue weighted by Gasteiger charge is 2.20. The zero-order valence-electron chi connectivity index (χ0n) is 21.9. The molecule has 41 heavy (non-hydrogen) atoms. The van der Waals surface area contributed by atoms with Gasteiger partial charge in [0.05, 0.1) is 27.6 Å². The van der Waals surface area contributed by atoms with E-state index >= 15 is 0 Å². The lowest BCUT2D eigenvalue weighted by Crippen LogP contribution is -1.95. The fraction of sp³-hybridized carbons (Fsp3) is 0. The number of pyridine rings is 1. The van der Waals surface area contributed by atoms with Gasteiger partial charge in [0.25, 0.3) is 0 Å². The van der Waals surface area contributed by atoms with Crippen LogP contribution in [0.4, 0.5) is 0 Å². The highest BCUT2D eigenvalue weighted by molar-refractivity contribution is 7.26. The molecule has 0 N–H and O–H groups in total. The van der Waals surface area contributed by atoms with Crippen LogP contribution in [0.15, 0.2) is 127 Å². The summed E-state index contributed by atoms with van der Waals surface area (Å²) in [5, 5.41) is 8.87. The van der Waals surface area contributed by atoms with Gasteiger partial charge in [-0.05, 0) is 53.9 Å². The van der Waals surface area contributed by atoms with E-state index in [4.69, 9.17) is 4.98 Å². The quantitative estimate of drug-likeness (QED) is 0.190. The number of hydrogen-bond acceptors (Lipinski definition) is 2. The molecule has 0 aliphatic carbocycles. The number of aromatic nitrogens is 3. The number of nitrogens with zero attached hydrogens (tertiary/aromatic N) is 3. The van der Waals surface area contributed by atoms with Crippen molar-refractivity contribution in [3.63, 3.8) is 0 Å². The molecule has 6 aromatic carbocycles. The van der Waals surface area contributed by atoms with Crippen LogP contribution in [-0.2, 0) is 0 Å². The van der Waals surface area contributed by atoms with Gasteiger partial charge < -0.3 is 4.57 Å². The summed E-state index contributed by atoms with van der Waals surface area (Å²) >= 11 is 1.87. The van der Waals surface area contributed by atoms with Gasteiger partial charge in [-0.3, -0.25) is 4.40 Å². The van der Waals surface area contributed by atoms with E-state index < -0.39 is 0 Å². The van der Waals surface area contributed by atoms with E-state index in [2.05, 4.69) is 136 Å². The topological polar surface area (TPSA) is 22.2 Å². The van der Waals surface area contributed by atoms with Crippen molar-refractivity contribution >= 4 is 91.7 Å². The molecule has 4 aromatic heterocycles. The lowest BCUT2D eigenvalue weighted by molar-refractivity contribution is 1.18. The van der Waals surface area contributed by atoms with Crippen LogP contribution in [0.3, 0.4) is 0 Å². The van der Waals surface area contributed by atoms with Crippen molar-refractivity contribution in [3.8, 4) is 5.69 Å². The van der Waals surface area contributed by atoms with Gasteiger partial charge in [-0.2, -0.15) is 0 Å². The van der Waals surface area contributed by atoms with Gasteiger partial charge in [0.15, 0.2) is 0 Å². The Morgan fingerprint density at radius 3 is 2.10 bits per heavy atom. The van der Waals surface area contributed by atoms with Crippen LogP contribution in [0.1, 0.15) is 0 Å². The number of para-hydroxylation sites is 4. The van der Waals surface area contributed by atoms with Crippen molar-refractivity contribution in [2.75, 3.05) is 0 Å². The van der Waals surface area contributed by atoms with Crippen molar-refractivity contribution < 1.29 is 0 Å². The molecular weight excluding hydrogens is 518 g/mol. The first-order chi connectivity index (χ1) is 20.3. The molecule has 10 aromatic rings. The van der Waals surface area contributed by atoms with E-state index in [1.54, 1.807) is 0 Å². The highest BCUT2D eigenvalue weighted by atomic mass is 32.1. The minimum Gasteiger partial charge on any atom is -0.309 e. The molecule has 0 saturated carbocycles. The van der Waals surface area contributed by atoms with Gasteiger partial charge in [0, 0.05) is 47.4 Å². The summed E-state index contributed by atoms with van der Waals surface area (Å²) < 4.78 is 7.40. The highest BCUT2D eigenvalue weighted by Crippen LogP contribution is 2.44. The average Bonchev–Trinajstić information content (AvgIpc) is 3.70. The molecule has 10 rings (SSSR count). The van der Waals surface area contributed by atoms with Crippen LogP contribution in [-0.4, -0.2) is 14.0 Å². The lowest BCUT2D eigenvalue weighted by Gasteiger charge is -2.12. The van der Waals surface area contributed by atoms with Crippen molar-refractivity contribution in [3.05, 3.63) is 127 Å². The van der Waals surface area contributed by atoms with Crippen molar-refractivity contribution in [2.24, 2.45) is 0 Å². The first-order valence-electron chi connectivity index (χ1n) is 13.9. The third-order valence-corrected chi connectivity index (χ3v) is 9.87. The molecule has 4 heteroatoms. The minimum absolute atomic E-state index is 1.02. The summed E-state index contributed by atoms with van der Waals surface area (Å²) in [5.41, 5.74) is 7.93. The molecular formula is C37H21N3S. The van der Waals surface area contributed by atoms with Gasteiger partial charge >= 0.3 is 0 Å². The third kappa shape index (κ3) is 2.75. The number of hydrogen-bond donors (Lipinski definition) is 0. The van der Waals surface area contributed by atoms with E-state index in [1.807, 2.05) is 11.3 Å². The predicted octanol–water partition coefficient (Wildman–Crippen LogP) is 10.3. The summed E-state index contributed by atoms with van der Waals surface area (Å²) in [6, 6.07) is 46.1. The first-order valence-corrected chi connectivity index (χ1v) is 14.7. The molecule has 3 nitrogen and oxygen atoms in total. The van der Waals surface area contributed by atoms with Crippen LogP contribution in [0.5, 0.6) is 0 Å². The van der Waals surface area contributed by atoms with Gasteiger partial charge in [0.2, 0.25) is 0 Å². The van der Waals surface area contributed by atoms with E-state index in [-0.39, 0.29) is 0 Å². The maximum Gasteiger partial charge on any atom is 0.147 e. The monoisotopic (exact) mass is 539 g/mol. The summed E-state index contributed by atoms with van der Waals surface area (Å²) in [6.07, 6.45) is 0. The maximum absolute atomic E-state index is 5.28. The Balaban J connectivity index is 1.50. The number of benzene rings is 6. The number of imidazole rings is 1. The van der Waals surface area contributed by atoms with E-state index in [1.165, 1.54) is 63.7 Å². The predicted molar refractivity (Wildman–Crippen MR) is 175 cm³/mol. The molecule has 4 heterocycles. The number of thiophene rings is 1. The molecule has 0 bridgehead atoms. The number of rotatable bonds is 1. The Kier molecular flexibility index (Phi) is 4.07. The molecule has 0 aliphatic heterocycles. The van der Waals surface area contributed by atoms with Gasteiger partial charge in [-0.15, -0.1) is 11.3 Å². The molecule has 0 saturated heterocycles. The van der Waals surface area contributed by atoms with Gasteiger partial charge in [-0.1, -0.05) is 78.9 Å². The van der Waals surface area contributed by atoms with Crippen LogP contribution in [0, 0.1) is 0 Å². The van der Waals surface area contributed by atoms with Gasteiger partial charge in [-0.25, -0.2) is 4.98 Å². The molecule has 0 unspecified atom stereocenters. The van der Waals surface area contributed by atoms with Crippen LogP contribution in [0.2, 0.25) is 0 Å².